The Morgan fingerprint density at radius 3 is 2.96 bits per heavy atom. The molecule has 0 spiro atoms. The maximum absolute atomic E-state index is 13.4. The molecule has 0 bridgehead atoms. The van der Waals surface area contributed by atoms with Crippen LogP contribution in [0.15, 0.2) is 41.3 Å². The van der Waals surface area contributed by atoms with Crippen LogP contribution in [0.5, 0.6) is 0 Å². The van der Waals surface area contributed by atoms with Gasteiger partial charge in [0.2, 0.25) is 0 Å². The molecule has 2 heterocycles. The van der Waals surface area contributed by atoms with Gasteiger partial charge in [0, 0.05) is 16.5 Å². The molecule has 0 N–H and O–H groups in total. The molecule has 8 heteroatoms. The molecule has 1 saturated heterocycles. The van der Waals surface area contributed by atoms with Crippen molar-refractivity contribution in [2.24, 2.45) is 0 Å². The van der Waals surface area contributed by atoms with Crippen LogP contribution in [-0.4, -0.2) is 36.4 Å². The molecule has 0 saturated carbocycles. The van der Waals surface area contributed by atoms with Crippen molar-refractivity contribution in [2.45, 2.75) is 23.8 Å². The summed E-state index contributed by atoms with van der Waals surface area (Å²) in [4.78, 5) is 21.0. The molecule has 0 aliphatic carbocycles. The minimum atomic E-state index is -0.215. The predicted octanol–water partition coefficient (Wildman–Crippen LogP) is 6.15. The summed E-state index contributed by atoms with van der Waals surface area (Å²) in [5.41, 5.74) is 1.29. The van der Waals surface area contributed by atoms with Crippen molar-refractivity contribution < 1.29 is 9.53 Å². The molecule has 1 aliphatic rings. The number of carbonyl (C=O) groups is 1. The molecule has 1 aliphatic heterocycles. The first-order valence-corrected chi connectivity index (χ1v) is 11.7. The van der Waals surface area contributed by atoms with Gasteiger partial charge in [0.05, 0.1) is 33.5 Å². The van der Waals surface area contributed by atoms with E-state index in [0.29, 0.717) is 27.3 Å². The zero-order chi connectivity index (χ0) is 19.7. The number of ether oxygens (including phenoxy) is 1. The number of carbonyl (C=O) groups excluding carboxylic acids is 1. The van der Waals surface area contributed by atoms with Crippen molar-refractivity contribution >= 4 is 67.6 Å². The van der Waals surface area contributed by atoms with Crippen LogP contribution in [-0.2, 0) is 4.74 Å². The van der Waals surface area contributed by atoms with E-state index in [1.165, 1.54) is 11.3 Å². The second-order valence-corrected chi connectivity index (χ2v) is 9.18. The molecule has 3 aromatic rings. The minimum Gasteiger partial charge on any atom is -0.376 e. The largest absolute Gasteiger partial charge is 0.376 e. The smallest absolute Gasteiger partial charge is 0.261 e. The van der Waals surface area contributed by atoms with Gasteiger partial charge in [-0.05, 0) is 49.4 Å². The van der Waals surface area contributed by atoms with E-state index in [0.717, 1.165) is 34.6 Å². The number of para-hydroxylation sites is 1. The van der Waals surface area contributed by atoms with E-state index in [2.05, 4.69) is 0 Å². The number of hydrogen-bond acceptors (Lipinski definition) is 5. The van der Waals surface area contributed by atoms with Gasteiger partial charge in [0.1, 0.15) is 0 Å². The Hall–Kier alpha value is -1.31. The van der Waals surface area contributed by atoms with Crippen molar-refractivity contribution in [3.8, 4) is 0 Å². The zero-order valence-corrected chi connectivity index (χ0v) is 18.3. The van der Waals surface area contributed by atoms with Gasteiger partial charge >= 0.3 is 0 Å². The summed E-state index contributed by atoms with van der Waals surface area (Å²) >= 11 is 15.6. The lowest BCUT2D eigenvalue weighted by Gasteiger charge is -2.23. The number of halogens is 2. The van der Waals surface area contributed by atoms with Gasteiger partial charge in [-0.1, -0.05) is 40.6 Å². The highest BCUT2D eigenvalue weighted by atomic mass is 35.5. The monoisotopic (exact) mass is 452 g/mol. The van der Waals surface area contributed by atoms with Gasteiger partial charge in [0.25, 0.3) is 5.91 Å². The summed E-state index contributed by atoms with van der Waals surface area (Å²) in [6.07, 6.45) is 3.94. The molecular formula is C20H18Cl2N2O2S2. The van der Waals surface area contributed by atoms with Crippen LogP contribution in [0, 0.1) is 0 Å². The van der Waals surface area contributed by atoms with E-state index in [9.17, 15) is 4.79 Å². The Morgan fingerprint density at radius 2 is 2.21 bits per heavy atom. The number of rotatable bonds is 5. The molecule has 1 unspecified atom stereocenters. The van der Waals surface area contributed by atoms with Crippen LogP contribution in [0.4, 0.5) is 5.13 Å². The number of thiazole rings is 1. The summed E-state index contributed by atoms with van der Waals surface area (Å²) in [5.74, 6) is -0.215. The number of hydrogen-bond donors (Lipinski definition) is 0. The SMILES string of the molecule is CSc1cccc2sc(N(CC3CCCO3)C(=O)c3cc(Cl)ccc3Cl)nc12. The lowest BCUT2D eigenvalue weighted by molar-refractivity contribution is 0.0917. The van der Waals surface area contributed by atoms with Crippen LogP contribution >= 0.6 is 46.3 Å². The summed E-state index contributed by atoms with van der Waals surface area (Å²) < 4.78 is 6.83. The van der Waals surface area contributed by atoms with E-state index >= 15 is 0 Å². The number of amides is 1. The van der Waals surface area contributed by atoms with E-state index < -0.39 is 0 Å². The Balaban J connectivity index is 1.77. The van der Waals surface area contributed by atoms with Crippen LogP contribution in [0.1, 0.15) is 23.2 Å². The second kappa shape index (κ2) is 8.59. The highest BCUT2D eigenvalue weighted by Gasteiger charge is 2.28. The Morgan fingerprint density at radius 1 is 1.36 bits per heavy atom. The number of fused-ring (bicyclic) bond motifs is 1. The normalized spacial score (nSPS) is 16.6. The van der Waals surface area contributed by atoms with Crippen molar-refractivity contribution in [3.05, 3.63) is 52.0 Å². The van der Waals surface area contributed by atoms with Crippen LogP contribution < -0.4 is 4.90 Å². The molecule has 1 atom stereocenters. The molecule has 4 nitrogen and oxygen atoms in total. The zero-order valence-electron chi connectivity index (χ0n) is 15.2. The standard InChI is InChI=1S/C20H18Cl2N2O2S2/c1-27-16-5-2-6-17-18(16)23-20(28-17)24(11-13-4-3-9-26-13)19(25)14-10-12(21)7-8-15(14)22/h2,5-8,10,13H,3-4,9,11H2,1H3. The average Bonchev–Trinajstić information content (AvgIpc) is 3.36. The number of benzene rings is 2. The highest BCUT2D eigenvalue weighted by molar-refractivity contribution is 7.98. The highest BCUT2D eigenvalue weighted by Crippen LogP contribution is 2.36. The third-order valence-electron chi connectivity index (χ3n) is 4.64. The Kier molecular flexibility index (Phi) is 6.13. The summed E-state index contributed by atoms with van der Waals surface area (Å²) in [7, 11) is 0. The molecule has 1 aromatic heterocycles. The number of anilines is 1. The predicted molar refractivity (Wildman–Crippen MR) is 119 cm³/mol. The van der Waals surface area contributed by atoms with Crippen molar-refractivity contribution in [2.75, 3.05) is 24.3 Å². The minimum absolute atomic E-state index is 0.00561. The maximum Gasteiger partial charge on any atom is 0.261 e. The van der Waals surface area contributed by atoms with Crippen LogP contribution in [0.25, 0.3) is 10.2 Å². The lowest BCUT2D eigenvalue weighted by Crippen LogP contribution is -2.37. The molecule has 2 aromatic carbocycles. The van der Waals surface area contributed by atoms with E-state index in [-0.39, 0.29) is 12.0 Å². The second-order valence-electron chi connectivity index (χ2n) is 6.48. The van der Waals surface area contributed by atoms with Crippen LogP contribution in [0.3, 0.4) is 0 Å². The quantitative estimate of drug-likeness (QED) is 0.435. The fourth-order valence-electron chi connectivity index (χ4n) is 3.24. The molecule has 146 valence electrons. The van der Waals surface area contributed by atoms with Gasteiger partial charge in [0.15, 0.2) is 5.13 Å². The number of nitrogens with zero attached hydrogens (tertiary/aromatic N) is 2. The number of thioether (sulfide) groups is 1. The fourth-order valence-corrected chi connectivity index (χ4v) is 5.24. The summed E-state index contributed by atoms with van der Waals surface area (Å²) in [6, 6.07) is 11.0. The molecule has 1 amide bonds. The molecule has 4 rings (SSSR count). The molecule has 28 heavy (non-hydrogen) atoms. The van der Waals surface area contributed by atoms with Gasteiger partial charge in [-0.3, -0.25) is 9.69 Å². The first kappa shape index (κ1) is 20.0. The van der Waals surface area contributed by atoms with Crippen molar-refractivity contribution in [3.63, 3.8) is 0 Å². The first-order chi connectivity index (χ1) is 13.6. The lowest BCUT2D eigenvalue weighted by atomic mass is 10.1. The van der Waals surface area contributed by atoms with Gasteiger partial charge < -0.3 is 4.74 Å². The molecule has 0 radical (unpaired) electrons. The third-order valence-corrected chi connectivity index (χ3v) is 7.01. The number of aromatic nitrogens is 1. The van der Waals surface area contributed by atoms with E-state index in [4.69, 9.17) is 32.9 Å². The third kappa shape index (κ3) is 4.02. The maximum atomic E-state index is 13.4. The van der Waals surface area contributed by atoms with E-state index in [1.54, 1.807) is 34.9 Å². The van der Waals surface area contributed by atoms with Crippen LogP contribution in [0.2, 0.25) is 10.0 Å². The summed E-state index contributed by atoms with van der Waals surface area (Å²) in [5, 5.41) is 1.49. The Labute approximate surface area is 181 Å². The van der Waals surface area contributed by atoms with Gasteiger partial charge in [-0.15, -0.1) is 11.8 Å². The Bertz CT molecular complexity index is 1020. The summed E-state index contributed by atoms with van der Waals surface area (Å²) in [6.45, 7) is 1.16. The van der Waals surface area contributed by atoms with Gasteiger partial charge in [-0.2, -0.15) is 0 Å². The van der Waals surface area contributed by atoms with E-state index in [1.807, 2.05) is 24.5 Å². The topological polar surface area (TPSA) is 42.4 Å². The van der Waals surface area contributed by atoms with Crippen molar-refractivity contribution in [1.29, 1.82) is 0 Å². The fraction of sp³-hybridized carbons (Fsp3) is 0.300. The van der Waals surface area contributed by atoms with Crippen molar-refractivity contribution in [1.82, 2.24) is 4.98 Å². The van der Waals surface area contributed by atoms with Gasteiger partial charge in [-0.25, -0.2) is 4.98 Å². The first-order valence-electron chi connectivity index (χ1n) is 8.89. The molecule has 1 fully saturated rings. The average molecular weight is 453 g/mol. The molecular weight excluding hydrogens is 435 g/mol.